The van der Waals surface area contributed by atoms with Gasteiger partial charge in [-0.15, -0.1) is 0 Å². The summed E-state index contributed by atoms with van der Waals surface area (Å²) in [6, 6.07) is 0. The fourth-order valence-corrected chi connectivity index (χ4v) is 3.92. The molecule has 5 heteroatoms. The monoisotopic (exact) mass is 283 g/mol. The predicted molar refractivity (Wildman–Crippen MR) is 73.5 cm³/mol. The highest BCUT2D eigenvalue weighted by molar-refractivity contribution is 8.66. The average Bonchev–Trinajstić information content (AvgIpc) is 2.49. The second-order valence-electron chi connectivity index (χ2n) is 3.99. The van der Waals surface area contributed by atoms with E-state index in [0.29, 0.717) is 6.54 Å². The lowest BCUT2D eigenvalue weighted by atomic mass is 10.1. The summed E-state index contributed by atoms with van der Waals surface area (Å²) in [6.07, 6.45) is 8.68. The highest BCUT2D eigenvalue weighted by Crippen LogP contribution is 2.65. The first kappa shape index (κ1) is 14.2. The number of halogens is 2. The Morgan fingerprint density at radius 2 is 1.81 bits per heavy atom. The Balaban J connectivity index is 2.16. The van der Waals surface area contributed by atoms with E-state index in [4.69, 9.17) is 21.4 Å². The molecule has 94 valence electrons. The fourth-order valence-electron chi connectivity index (χ4n) is 1.68. The maximum Gasteiger partial charge on any atom is 0.257 e. The molecule has 1 amide bonds. The minimum Gasteiger partial charge on any atom is -0.274 e. The lowest BCUT2D eigenvalue weighted by Crippen LogP contribution is -2.24. The van der Waals surface area contributed by atoms with Crippen LogP contribution in [0.5, 0.6) is 0 Å². The van der Waals surface area contributed by atoms with Crippen molar-refractivity contribution in [2.24, 2.45) is 0 Å². The van der Waals surface area contributed by atoms with Crippen LogP contribution in [0.3, 0.4) is 0 Å². The van der Waals surface area contributed by atoms with Gasteiger partial charge in [0.05, 0.1) is 0 Å². The molecule has 2 nitrogen and oxygen atoms in total. The summed E-state index contributed by atoms with van der Waals surface area (Å²) < 4.78 is 1.59. The normalized spacial score (nSPS) is 20.4. The van der Waals surface area contributed by atoms with Crippen LogP contribution >= 0.6 is 30.0 Å². The largest absolute Gasteiger partial charge is 0.274 e. The zero-order valence-corrected chi connectivity index (χ0v) is 12.0. The number of hydrogen-bond acceptors (Lipinski definition) is 1. The minimum absolute atomic E-state index is 0.0476. The van der Waals surface area contributed by atoms with Crippen molar-refractivity contribution in [3.8, 4) is 0 Å². The molecule has 0 radical (unpaired) electrons. The van der Waals surface area contributed by atoms with E-state index in [9.17, 15) is 4.79 Å². The van der Waals surface area contributed by atoms with Gasteiger partial charge in [-0.1, -0.05) is 39.0 Å². The standard InChI is InChI=1S/C11H19Cl2NOS/c1-2-3-4-5-6-7-9-14-11(15)8-10-16(14,12)13/h8,10H,2-7,9H2,1H3. The fraction of sp³-hybridized carbons (Fsp3) is 0.727. The molecule has 0 saturated carbocycles. The predicted octanol–water partition coefficient (Wildman–Crippen LogP) is 4.73. The van der Waals surface area contributed by atoms with Gasteiger partial charge in [0.2, 0.25) is 0 Å². The summed E-state index contributed by atoms with van der Waals surface area (Å²) in [7, 11) is 10.1. The van der Waals surface area contributed by atoms with E-state index in [1.807, 2.05) is 0 Å². The zero-order valence-electron chi connectivity index (χ0n) is 9.62. The van der Waals surface area contributed by atoms with Crippen LogP contribution in [0, 0.1) is 0 Å². The van der Waals surface area contributed by atoms with Gasteiger partial charge in [-0.3, -0.25) is 9.10 Å². The highest BCUT2D eigenvalue weighted by atomic mass is 36.0. The third-order valence-corrected chi connectivity index (χ3v) is 5.66. The van der Waals surface area contributed by atoms with E-state index in [1.165, 1.54) is 31.8 Å². The molecule has 0 aromatic carbocycles. The van der Waals surface area contributed by atoms with E-state index in [1.54, 1.807) is 9.71 Å². The van der Waals surface area contributed by atoms with Crippen molar-refractivity contribution in [3.05, 3.63) is 11.5 Å². The molecule has 0 aliphatic carbocycles. The summed E-state index contributed by atoms with van der Waals surface area (Å²) in [5.74, 6) is -0.0476. The zero-order chi connectivity index (χ0) is 12.0. The van der Waals surface area contributed by atoms with Crippen LogP contribution in [-0.2, 0) is 4.79 Å². The quantitative estimate of drug-likeness (QED) is 0.619. The highest BCUT2D eigenvalue weighted by Gasteiger charge is 2.32. The average molecular weight is 284 g/mol. The Kier molecular flexibility index (Phi) is 6.01. The van der Waals surface area contributed by atoms with Gasteiger partial charge in [-0.25, -0.2) is 0 Å². The van der Waals surface area contributed by atoms with Crippen molar-refractivity contribution in [2.45, 2.75) is 45.4 Å². The first-order valence-electron chi connectivity index (χ1n) is 5.80. The van der Waals surface area contributed by atoms with Gasteiger partial charge in [-0.2, -0.15) is 0 Å². The topological polar surface area (TPSA) is 20.3 Å². The Hall–Kier alpha value is 0.140. The van der Waals surface area contributed by atoms with E-state index < -0.39 is 8.64 Å². The van der Waals surface area contributed by atoms with Crippen LogP contribution in [0.25, 0.3) is 0 Å². The molecule has 0 bridgehead atoms. The number of carbonyl (C=O) groups excluding carboxylic acids is 1. The first-order valence-corrected chi connectivity index (χ1v) is 9.11. The van der Waals surface area contributed by atoms with Crippen molar-refractivity contribution in [1.82, 2.24) is 4.31 Å². The molecule has 0 saturated heterocycles. The number of hydrogen-bond donors (Lipinski definition) is 0. The summed E-state index contributed by atoms with van der Waals surface area (Å²) >= 11 is 0. The van der Waals surface area contributed by atoms with Gasteiger partial charge in [-0.05, 0) is 27.8 Å². The van der Waals surface area contributed by atoms with Crippen LogP contribution in [0.1, 0.15) is 45.4 Å². The second kappa shape index (κ2) is 6.77. The molecule has 0 N–H and O–H groups in total. The molecular formula is C11H19Cl2NOS. The van der Waals surface area contributed by atoms with Gasteiger partial charge < -0.3 is 0 Å². The van der Waals surface area contributed by atoms with Crippen LogP contribution in [0.15, 0.2) is 11.5 Å². The molecule has 0 aromatic rings. The molecule has 0 atom stereocenters. The van der Waals surface area contributed by atoms with Gasteiger partial charge in [0.25, 0.3) is 5.91 Å². The molecule has 0 unspecified atom stereocenters. The van der Waals surface area contributed by atoms with Gasteiger partial charge >= 0.3 is 0 Å². The molecule has 0 aromatic heterocycles. The van der Waals surface area contributed by atoms with Crippen LogP contribution in [-0.4, -0.2) is 16.8 Å². The lowest BCUT2D eigenvalue weighted by Gasteiger charge is -2.30. The Morgan fingerprint density at radius 1 is 1.19 bits per heavy atom. The molecular weight excluding hydrogens is 265 g/mol. The number of unbranched alkanes of at least 4 members (excludes halogenated alkanes) is 5. The Labute approximate surface area is 108 Å². The Morgan fingerprint density at radius 3 is 2.38 bits per heavy atom. The van der Waals surface area contributed by atoms with E-state index >= 15 is 0 Å². The molecule has 1 aliphatic rings. The van der Waals surface area contributed by atoms with E-state index in [0.717, 1.165) is 12.8 Å². The molecule has 1 aliphatic heterocycles. The van der Waals surface area contributed by atoms with Crippen molar-refractivity contribution < 1.29 is 4.79 Å². The minimum atomic E-state index is -1.99. The molecule has 16 heavy (non-hydrogen) atoms. The SMILES string of the molecule is CCCCCCCCN1C(=O)C=CS1(Cl)Cl. The van der Waals surface area contributed by atoms with Crippen LogP contribution in [0.2, 0.25) is 0 Å². The summed E-state index contributed by atoms with van der Waals surface area (Å²) in [6.45, 7) is 2.88. The summed E-state index contributed by atoms with van der Waals surface area (Å²) in [4.78, 5) is 11.4. The van der Waals surface area contributed by atoms with Gasteiger partial charge in [0.1, 0.15) is 0 Å². The first-order chi connectivity index (χ1) is 7.58. The van der Waals surface area contributed by atoms with Crippen LogP contribution < -0.4 is 0 Å². The second-order valence-corrected chi connectivity index (χ2v) is 8.96. The third-order valence-electron chi connectivity index (χ3n) is 2.63. The third kappa shape index (κ3) is 4.19. The van der Waals surface area contributed by atoms with Crippen molar-refractivity contribution in [3.63, 3.8) is 0 Å². The summed E-state index contributed by atoms with van der Waals surface area (Å²) in [5, 5.41) is 1.62. The Bertz CT molecular complexity index is 269. The smallest absolute Gasteiger partial charge is 0.257 e. The number of amides is 1. The molecule has 0 fully saturated rings. The molecule has 0 spiro atoms. The van der Waals surface area contributed by atoms with Crippen molar-refractivity contribution >= 4 is 35.9 Å². The van der Waals surface area contributed by atoms with E-state index in [-0.39, 0.29) is 5.91 Å². The number of rotatable bonds is 7. The van der Waals surface area contributed by atoms with Crippen LogP contribution in [0.4, 0.5) is 0 Å². The number of carbonyl (C=O) groups is 1. The molecule has 1 rings (SSSR count). The van der Waals surface area contributed by atoms with Gasteiger partial charge in [0.15, 0.2) is 0 Å². The maximum absolute atomic E-state index is 11.4. The van der Waals surface area contributed by atoms with Crippen molar-refractivity contribution in [2.75, 3.05) is 6.54 Å². The lowest BCUT2D eigenvalue weighted by molar-refractivity contribution is -0.121. The maximum atomic E-state index is 11.4. The van der Waals surface area contributed by atoms with Crippen molar-refractivity contribution in [1.29, 1.82) is 0 Å². The molecule has 1 heterocycles. The number of nitrogens with zero attached hydrogens (tertiary/aromatic N) is 1. The summed E-state index contributed by atoms with van der Waals surface area (Å²) in [5.41, 5.74) is 0. The van der Waals surface area contributed by atoms with Gasteiger partial charge in [0, 0.05) is 26.7 Å². The van der Waals surface area contributed by atoms with E-state index in [2.05, 4.69) is 6.92 Å².